The van der Waals surface area contributed by atoms with Gasteiger partial charge in [0.15, 0.2) is 0 Å². The Morgan fingerprint density at radius 1 is 1.19 bits per heavy atom. The average molecular weight is 289 g/mol. The zero-order valence-corrected chi connectivity index (χ0v) is 13.2. The van der Waals surface area contributed by atoms with Crippen LogP contribution in [0.2, 0.25) is 0 Å². The Bertz CT molecular complexity index is 487. The summed E-state index contributed by atoms with van der Waals surface area (Å²) >= 11 is 0. The summed E-state index contributed by atoms with van der Waals surface area (Å²) in [5.74, 6) is 2.47. The van der Waals surface area contributed by atoms with E-state index >= 15 is 0 Å². The first kappa shape index (κ1) is 14.5. The molecule has 0 aromatic carbocycles. The second-order valence-electron chi connectivity index (χ2n) is 6.68. The number of pyridine rings is 1. The monoisotopic (exact) mass is 289 g/mol. The van der Waals surface area contributed by atoms with E-state index in [1.54, 1.807) is 0 Å². The van der Waals surface area contributed by atoms with Crippen molar-refractivity contribution in [1.82, 2.24) is 4.98 Å². The van der Waals surface area contributed by atoms with Crippen LogP contribution in [0.3, 0.4) is 0 Å². The van der Waals surface area contributed by atoms with Crippen molar-refractivity contribution in [3.63, 3.8) is 0 Å². The van der Waals surface area contributed by atoms with E-state index in [1.165, 1.54) is 38.5 Å². The first-order valence-electron chi connectivity index (χ1n) is 8.35. The summed E-state index contributed by atoms with van der Waals surface area (Å²) in [7, 11) is 0. The molecular formula is C17H27N3O. The van der Waals surface area contributed by atoms with E-state index in [4.69, 9.17) is 15.5 Å². The van der Waals surface area contributed by atoms with E-state index in [2.05, 4.69) is 11.0 Å². The molecule has 1 saturated heterocycles. The van der Waals surface area contributed by atoms with Crippen molar-refractivity contribution in [2.75, 3.05) is 17.2 Å². The Hall–Kier alpha value is -1.45. The Labute approximate surface area is 127 Å². The molecule has 2 aliphatic rings. The van der Waals surface area contributed by atoms with Crippen LogP contribution < -0.4 is 15.4 Å². The number of hydrogen-bond acceptors (Lipinski definition) is 4. The third-order valence-corrected chi connectivity index (χ3v) is 4.76. The van der Waals surface area contributed by atoms with Crippen LogP contribution in [0.5, 0.6) is 5.88 Å². The maximum atomic E-state index is 5.99. The minimum absolute atomic E-state index is 0.0961. The van der Waals surface area contributed by atoms with Crippen molar-refractivity contribution in [3.05, 3.63) is 12.1 Å². The molecular weight excluding hydrogens is 262 g/mol. The smallest absolute Gasteiger partial charge is 0.239 e. The molecule has 0 radical (unpaired) electrons. The summed E-state index contributed by atoms with van der Waals surface area (Å²) in [6, 6.07) is 4.65. The lowest BCUT2D eigenvalue weighted by molar-refractivity contribution is 0.230. The average Bonchev–Trinajstić information content (AvgIpc) is 2.48. The molecule has 0 unspecified atom stereocenters. The zero-order valence-electron chi connectivity index (χ0n) is 13.2. The first-order valence-corrected chi connectivity index (χ1v) is 8.35. The third kappa shape index (κ3) is 3.09. The third-order valence-electron chi connectivity index (χ3n) is 4.76. The molecule has 1 aromatic rings. The second-order valence-corrected chi connectivity index (χ2v) is 6.68. The molecule has 4 nitrogen and oxygen atoms in total. The van der Waals surface area contributed by atoms with Crippen molar-refractivity contribution < 1.29 is 4.74 Å². The summed E-state index contributed by atoms with van der Waals surface area (Å²) in [5, 5.41) is 0. The highest BCUT2D eigenvalue weighted by Gasteiger charge is 2.34. The summed E-state index contributed by atoms with van der Waals surface area (Å²) < 4.78 is 5.75. The van der Waals surface area contributed by atoms with E-state index in [9.17, 15) is 0 Å². The highest BCUT2D eigenvalue weighted by Crippen LogP contribution is 2.38. The minimum Gasteiger partial charge on any atom is -0.473 e. The lowest BCUT2D eigenvalue weighted by Crippen LogP contribution is -2.47. The molecule has 1 aliphatic carbocycles. The molecule has 21 heavy (non-hydrogen) atoms. The fourth-order valence-electron chi connectivity index (χ4n) is 3.83. The quantitative estimate of drug-likeness (QED) is 0.923. The SMILES string of the molecule is CC(C)Oc1nc(N2CCC[C@H]3CCCC[C@H]32)ccc1N. The van der Waals surface area contributed by atoms with E-state index in [0.29, 0.717) is 17.6 Å². The van der Waals surface area contributed by atoms with Crippen LogP contribution in [-0.2, 0) is 0 Å². The number of nitrogens with zero attached hydrogens (tertiary/aromatic N) is 2. The van der Waals surface area contributed by atoms with Crippen molar-refractivity contribution in [1.29, 1.82) is 0 Å². The number of fused-ring (bicyclic) bond motifs is 1. The molecule has 2 heterocycles. The van der Waals surface area contributed by atoms with E-state index in [-0.39, 0.29) is 6.10 Å². The number of piperidine rings is 1. The van der Waals surface area contributed by atoms with Crippen LogP contribution in [0.1, 0.15) is 52.4 Å². The second kappa shape index (κ2) is 6.12. The van der Waals surface area contributed by atoms with Gasteiger partial charge in [-0.3, -0.25) is 0 Å². The summed E-state index contributed by atoms with van der Waals surface area (Å²) in [5.41, 5.74) is 6.62. The molecule has 1 saturated carbocycles. The number of anilines is 2. The predicted molar refractivity (Wildman–Crippen MR) is 86.7 cm³/mol. The normalized spacial score (nSPS) is 25.8. The topological polar surface area (TPSA) is 51.4 Å². The van der Waals surface area contributed by atoms with Crippen LogP contribution in [0, 0.1) is 5.92 Å². The number of rotatable bonds is 3. The zero-order chi connectivity index (χ0) is 14.8. The molecule has 2 fully saturated rings. The van der Waals surface area contributed by atoms with Crippen LogP contribution in [-0.4, -0.2) is 23.7 Å². The van der Waals surface area contributed by atoms with Gasteiger partial charge in [-0.05, 0) is 57.6 Å². The first-order chi connectivity index (χ1) is 10.1. The van der Waals surface area contributed by atoms with Gasteiger partial charge in [0.25, 0.3) is 0 Å². The van der Waals surface area contributed by atoms with E-state index in [0.717, 1.165) is 18.3 Å². The Morgan fingerprint density at radius 2 is 1.95 bits per heavy atom. The van der Waals surface area contributed by atoms with Crippen LogP contribution in [0.25, 0.3) is 0 Å². The Kier molecular flexibility index (Phi) is 4.22. The van der Waals surface area contributed by atoms with Crippen molar-refractivity contribution >= 4 is 11.5 Å². The standard InChI is InChI=1S/C17H27N3O/c1-12(2)21-17-14(18)9-10-16(19-17)20-11-5-7-13-6-3-4-8-15(13)20/h9-10,12-13,15H,3-8,11,18H2,1-2H3/t13-,15-/m1/s1. The van der Waals surface area contributed by atoms with E-state index in [1.807, 2.05) is 19.9 Å². The van der Waals surface area contributed by atoms with Gasteiger partial charge in [-0.15, -0.1) is 0 Å². The van der Waals surface area contributed by atoms with Crippen LogP contribution >= 0.6 is 0 Å². The highest BCUT2D eigenvalue weighted by atomic mass is 16.5. The molecule has 0 amide bonds. The van der Waals surface area contributed by atoms with Gasteiger partial charge >= 0.3 is 0 Å². The number of hydrogen-bond donors (Lipinski definition) is 1. The molecule has 1 aliphatic heterocycles. The van der Waals surface area contributed by atoms with Crippen molar-refractivity contribution in [2.45, 2.75) is 64.5 Å². The number of ether oxygens (including phenoxy) is 1. The molecule has 3 rings (SSSR count). The van der Waals surface area contributed by atoms with Gasteiger partial charge in [0.05, 0.1) is 11.8 Å². The Morgan fingerprint density at radius 3 is 2.76 bits per heavy atom. The summed E-state index contributed by atoms with van der Waals surface area (Å²) in [6.07, 6.45) is 8.18. The molecule has 2 atom stereocenters. The van der Waals surface area contributed by atoms with Crippen LogP contribution in [0.15, 0.2) is 12.1 Å². The number of nitrogen functional groups attached to an aromatic ring is 1. The molecule has 4 heteroatoms. The molecule has 2 N–H and O–H groups in total. The number of aromatic nitrogens is 1. The fraction of sp³-hybridized carbons (Fsp3) is 0.706. The van der Waals surface area contributed by atoms with Gasteiger partial charge in [0.2, 0.25) is 5.88 Å². The minimum atomic E-state index is 0.0961. The molecule has 0 bridgehead atoms. The molecule has 1 aromatic heterocycles. The van der Waals surface area contributed by atoms with Crippen LogP contribution in [0.4, 0.5) is 11.5 Å². The fourth-order valence-corrected chi connectivity index (χ4v) is 3.83. The molecule has 0 spiro atoms. The summed E-state index contributed by atoms with van der Waals surface area (Å²) in [4.78, 5) is 7.21. The lowest BCUT2D eigenvalue weighted by Gasteiger charge is -2.44. The maximum Gasteiger partial charge on any atom is 0.239 e. The van der Waals surface area contributed by atoms with E-state index < -0.39 is 0 Å². The van der Waals surface area contributed by atoms with Gasteiger partial charge in [-0.2, -0.15) is 4.98 Å². The van der Waals surface area contributed by atoms with Gasteiger partial charge in [-0.25, -0.2) is 0 Å². The summed E-state index contributed by atoms with van der Waals surface area (Å²) in [6.45, 7) is 5.12. The largest absolute Gasteiger partial charge is 0.473 e. The maximum absolute atomic E-state index is 5.99. The molecule has 116 valence electrons. The van der Waals surface area contributed by atoms with Gasteiger partial charge < -0.3 is 15.4 Å². The van der Waals surface area contributed by atoms with Crippen molar-refractivity contribution in [3.8, 4) is 5.88 Å². The van der Waals surface area contributed by atoms with Crippen molar-refractivity contribution in [2.24, 2.45) is 5.92 Å². The van der Waals surface area contributed by atoms with Gasteiger partial charge in [0.1, 0.15) is 5.82 Å². The Balaban J connectivity index is 1.84. The number of nitrogens with two attached hydrogens (primary N) is 1. The highest BCUT2D eigenvalue weighted by molar-refractivity contribution is 5.55. The van der Waals surface area contributed by atoms with Gasteiger partial charge in [-0.1, -0.05) is 12.8 Å². The lowest BCUT2D eigenvalue weighted by atomic mass is 9.78. The van der Waals surface area contributed by atoms with Gasteiger partial charge in [0, 0.05) is 12.6 Å². The predicted octanol–water partition coefficient (Wildman–Crippen LogP) is 3.61.